The van der Waals surface area contributed by atoms with Crippen LogP contribution in [0.1, 0.15) is 17.0 Å². The number of allylic oxidation sites excluding steroid dienone is 1. The quantitative estimate of drug-likeness (QED) is 0.360. The molecule has 1 atom stereocenters. The first-order chi connectivity index (χ1) is 19.9. The second kappa shape index (κ2) is 11.2. The maximum atomic E-state index is 13.5. The van der Waals surface area contributed by atoms with Gasteiger partial charge in [0.25, 0.3) is 5.56 Å². The lowest BCUT2D eigenvalue weighted by Gasteiger charge is -2.35. The van der Waals surface area contributed by atoms with Crippen LogP contribution in [-0.4, -0.2) is 35.7 Å². The molecule has 0 radical (unpaired) electrons. The van der Waals surface area contributed by atoms with Crippen LogP contribution < -0.4 is 16.2 Å². The highest BCUT2D eigenvalue weighted by Gasteiger charge is 2.43. The van der Waals surface area contributed by atoms with Crippen LogP contribution in [0.2, 0.25) is 0 Å². The van der Waals surface area contributed by atoms with Crippen LogP contribution in [0.15, 0.2) is 113 Å². The van der Waals surface area contributed by atoms with Crippen LogP contribution in [-0.2, 0) is 25.6 Å². The number of fused-ring (bicyclic) bond motifs is 1. The fourth-order valence-corrected chi connectivity index (χ4v) is 4.96. The van der Waals surface area contributed by atoms with Gasteiger partial charge in [-0.1, -0.05) is 60.7 Å². The maximum Gasteiger partial charge on any atom is 0.355 e. The number of rotatable bonds is 6. The Labute approximate surface area is 235 Å². The Bertz CT molecular complexity index is 1820. The van der Waals surface area contributed by atoms with Gasteiger partial charge >= 0.3 is 11.9 Å². The Morgan fingerprint density at radius 3 is 2.27 bits per heavy atom. The van der Waals surface area contributed by atoms with Gasteiger partial charge in [0, 0.05) is 5.69 Å². The van der Waals surface area contributed by atoms with Gasteiger partial charge in [0.1, 0.15) is 11.5 Å². The molecule has 0 aliphatic carbocycles. The molecule has 0 amide bonds. The lowest BCUT2D eigenvalue weighted by atomic mass is 9.81. The maximum absolute atomic E-state index is 13.5. The SMILES string of the molecule is COC(=O)C1=C(C(=O)OC)N(c2ccc3ncn(Cc4ccccc4)c(=O)c3c2)C(N)=C(C#N)C1c1ccccc1. The molecular formula is C31H25N5O5. The molecule has 0 fully saturated rings. The third-order valence-electron chi connectivity index (χ3n) is 6.87. The third kappa shape index (κ3) is 4.81. The summed E-state index contributed by atoms with van der Waals surface area (Å²) in [5.41, 5.74) is 8.09. The topological polar surface area (TPSA) is 141 Å². The number of nitriles is 1. The molecule has 41 heavy (non-hydrogen) atoms. The minimum atomic E-state index is -0.996. The molecule has 0 saturated carbocycles. The van der Waals surface area contributed by atoms with Gasteiger partial charge in [-0.3, -0.25) is 14.3 Å². The number of carbonyl (C=O) groups is 2. The van der Waals surface area contributed by atoms with Crippen LogP contribution >= 0.6 is 0 Å². The molecule has 3 aromatic carbocycles. The fourth-order valence-electron chi connectivity index (χ4n) is 4.96. The molecule has 2 heterocycles. The summed E-state index contributed by atoms with van der Waals surface area (Å²) in [7, 11) is 2.35. The van der Waals surface area contributed by atoms with E-state index in [1.807, 2.05) is 30.3 Å². The average molecular weight is 548 g/mol. The molecule has 204 valence electrons. The van der Waals surface area contributed by atoms with Gasteiger partial charge in [-0.05, 0) is 29.3 Å². The van der Waals surface area contributed by atoms with Crippen molar-refractivity contribution in [3.63, 3.8) is 0 Å². The number of ether oxygens (including phenoxy) is 2. The van der Waals surface area contributed by atoms with Crippen molar-refractivity contribution in [2.75, 3.05) is 19.1 Å². The number of benzene rings is 3. The van der Waals surface area contributed by atoms with E-state index in [9.17, 15) is 19.6 Å². The normalized spacial score (nSPS) is 15.0. The lowest BCUT2D eigenvalue weighted by Crippen LogP contribution is -2.40. The molecule has 0 bridgehead atoms. The number of hydrogen-bond donors (Lipinski definition) is 1. The number of methoxy groups -OCH3 is 2. The Morgan fingerprint density at radius 2 is 1.63 bits per heavy atom. The van der Waals surface area contributed by atoms with Crippen molar-refractivity contribution in [2.45, 2.75) is 12.5 Å². The van der Waals surface area contributed by atoms with Crippen molar-refractivity contribution in [1.29, 1.82) is 5.26 Å². The second-order valence-corrected chi connectivity index (χ2v) is 9.20. The Balaban J connectivity index is 1.75. The predicted octanol–water partition coefficient (Wildman–Crippen LogP) is 3.34. The number of nitrogens with zero attached hydrogens (tertiary/aromatic N) is 4. The van der Waals surface area contributed by atoms with Gasteiger partial charge in [-0.2, -0.15) is 5.26 Å². The van der Waals surface area contributed by atoms with Crippen LogP contribution in [0, 0.1) is 11.3 Å². The largest absolute Gasteiger partial charge is 0.466 e. The molecule has 2 N–H and O–H groups in total. The van der Waals surface area contributed by atoms with Crippen LogP contribution in [0.5, 0.6) is 0 Å². The smallest absolute Gasteiger partial charge is 0.355 e. The number of anilines is 1. The van der Waals surface area contributed by atoms with Gasteiger partial charge in [-0.25, -0.2) is 14.6 Å². The lowest BCUT2D eigenvalue weighted by molar-refractivity contribution is -0.139. The molecule has 0 saturated heterocycles. The third-order valence-corrected chi connectivity index (χ3v) is 6.87. The number of aromatic nitrogens is 2. The first kappa shape index (κ1) is 26.9. The molecule has 0 spiro atoms. The Hall–Kier alpha value is -5.69. The summed E-state index contributed by atoms with van der Waals surface area (Å²) in [6.07, 6.45) is 1.47. The van der Waals surface area contributed by atoms with Crippen molar-refractivity contribution >= 4 is 28.5 Å². The summed E-state index contributed by atoms with van der Waals surface area (Å²) in [4.78, 5) is 45.8. The van der Waals surface area contributed by atoms with E-state index >= 15 is 0 Å². The van der Waals surface area contributed by atoms with Gasteiger partial charge in [0.05, 0.1) is 61.1 Å². The number of hydrogen-bond acceptors (Lipinski definition) is 9. The Kier molecular flexibility index (Phi) is 7.35. The van der Waals surface area contributed by atoms with Crippen molar-refractivity contribution in [1.82, 2.24) is 9.55 Å². The van der Waals surface area contributed by atoms with E-state index in [4.69, 9.17) is 15.2 Å². The molecule has 10 nitrogen and oxygen atoms in total. The van der Waals surface area contributed by atoms with Crippen LogP contribution in [0.3, 0.4) is 0 Å². The van der Waals surface area contributed by atoms with E-state index in [-0.39, 0.29) is 39.3 Å². The zero-order valence-electron chi connectivity index (χ0n) is 22.3. The molecule has 1 unspecified atom stereocenters. The number of carbonyl (C=O) groups excluding carboxylic acids is 2. The van der Waals surface area contributed by atoms with Crippen LogP contribution in [0.25, 0.3) is 10.9 Å². The molecular weight excluding hydrogens is 522 g/mol. The van der Waals surface area contributed by atoms with Gasteiger partial charge in [0.15, 0.2) is 0 Å². The van der Waals surface area contributed by atoms with Gasteiger partial charge < -0.3 is 15.2 Å². The fraction of sp³-hybridized carbons (Fsp3) is 0.129. The minimum absolute atomic E-state index is 0.0250. The van der Waals surface area contributed by atoms with E-state index in [0.29, 0.717) is 17.6 Å². The summed E-state index contributed by atoms with van der Waals surface area (Å²) in [6, 6.07) is 25.0. The second-order valence-electron chi connectivity index (χ2n) is 9.20. The zero-order valence-corrected chi connectivity index (χ0v) is 22.3. The summed E-state index contributed by atoms with van der Waals surface area (Å²) < 4.78 is 11.6. The van der Waals surface area contributed by atoms with Crippen molar-refractivity contribution in [3.05, 3.63) is 129 Å². The highest BCUT2D eigenvalue weighted by atomic mass is 16.5. The van der Waals surface area contributed by atoms with E-state index < -0.39 is 17.9 Å². The molecule has 1 aliphatic rings. The first-order valence-electron chi connectivity index (χ1n) is 12.6. The van der Waals surface area contributed by atoms with E-state index in [2.05, 4.69) is 11.1 Å². The van der Waals surface area contributed by atoms with Gasteiger partial charge in [0.2, 0.25) is 0 Å². The monoisotopic (exact) mass is 547 g/mol. The first-order valence-corrected chi connectivity index (χ1v) is 12.6. The van der Waals surface area contributed by atoms with E-state index in [1.165, 1.54) is 36.1 Å². The van der Waals surface area contributed by atoms with E-state index in [1.54, 1.807) is 42.5 Å². The molecule has 5 rings (SSSR count). The summed E-state index contributed by atoms with van der Waals surface area (Å²) in [5, 5.41) is 10.5. The molecule has 1 aliphatic heterocycles. The molecule has 1 aromatic heterocycles. The van der Waals surface area contributed by atoms with Gasteiger partial charge in [-0.15, -0.1) is 0 Å². The minimum Gasteiger partial charge on any atom is -0.466 e. The summed E-state index contributed by atoms with van der Waals surface area (Å²) in [5.74, 6) is -2.80. The van der Waals surface area contributed by atoms with Crippen molar-refractivity contribution in [2.24, 2.45) is 5.73 Å². The molecule has 4 aromatic rings. The highest BCUT2D eigenvalue weighted by molar-refractivity contribution is 6.06. The van der Waals surface area contributed by atoms with E-state index in [0.717, 1.165) is 5.56 Å². The van der Waals surface area contributed by atoms with Crippen molar-refractivity contribution in [3.8, 4) is 6.07 Å². The number of nitrogens with two attached hydrogens (primary N) is 1. The number of esters is 2. The average Bonchev–Trinajstić information content (AvgIpc) is 3.01. The Morgan fingerprint density at radius 1 is 0.976 bits per heavy atom. The van der Waals surface area contributed by atoms with Crippen molar-refractivity contribution < 1.29 is 19.1 Å². The molecule has 10 heteroatoms. The predicted molar refractivity (Wildman–Crippen MR) is 151 cm³/mol. The highest BCUT2D eigenvalue weighted by Crippen LogP contribution is 2.43. The summed E-state index contributed by atoms with van der Waals surface area (Å²) >= 11 is 0. The standard InChI is InChI=1S/C31H25N5O5/c1-40-30(38)26-25(20-11-7-4-8-12-20)23(16-32)28(33)36(27(26)31(39)41-2)21-13-14-24-22(15-21)29(37)35(18-34-24)17-19-9-5-3-6-10-19/h3-15,18,25H,17,33H2,1-2H3. The summed E-state index contributed by atoms with van der Waals surface area (Å²) in [6.45, 7) is 0.301. The van der Waals surface area contributed by atoms with Crippen LogP contribution in [0.4, 0.5) is 5.69 Å². The zero-order chi connectivity index (χ0) is 29.1.